The molecular weight excluding hydrogens is 392 g/mol. The molecule has 0 spiro atoms. The average Bonchev–Trinajstić information content (AvgIpc) is 3.42. The summed E-state index contributed by atoms with van der Waals surface area (Å²) >= 11 is 1.31. The van der Waals surface area contributed by atoms with Crippen LogP contribution in [0.25, 0.3) is 16.5 Å². The zero-order valence-corrected chi connectivity index (χ0v) is 16.8. The number of hydrogen-bond donors (Lipinski definition) is 2. The summed E-state index contributed by atoms with van der Waals surface area (Å²) in [4.78, 5) is 44.1. The molecule has 0 aliphatic carbocycles. The number of aromatic nitrogens is 5. The van der Waals surface area contributed by atoms with Crippen molar-refractivity contribution < 1.29 is 9.59 Å². The van der Waals surface area contributed by atoms with Gasteiger partial charge >= 0.3 is 6.03 Å². The number of anilines is 1. The van der Waals surface area contributed by atoms with Gasteiger partial charge in [-0.15, -0.1) is 0 Å². The average molecular weight is 412 g/mol. The molecule has 0 aromatic carbocycles. The van der Waals surface area contributed by atoms with E-state index in [1.807, 2.05) is 6.92 Å². The Morgan fingerprint density at radius 2 is 2.14 bits per heavy atom. The first-order valence-corrected chi connectivity index (χ1v) is 9.88. The van der Waals surface area contributed by atoms with Gasteiger partial charge in [0, 0.05) is 25.1 Å². The predicted octanol–water partition coefficient (Wildman–Crippen LogP) is 1.97. The molecule has 0 bridgehead atoms. The second-order valence-electron chi connectivity index (χ2n) is 6.97. The molecule has 3 aromatic heterocycles. The number of urea groups is 1. The summed E-state index contributed by atoms with van der Waals surface area (Å²) in [7, 11) is 0. The van der Waals surface area contributed by atoms with Gasteiger partial charge in [0.05, 0.1) is 16.3 Å². The van der Waals surface area contributed by atoms with E-state index in [1.54, 1.807) is 42.5 Å². The number of carbonyl (C=O) groups excluding carboxylic acids is 2. The number of nitrogens with zero attached hydrogens (tertiary/aromatic N) is 6. The minimum absolute atomic E-state index is 0.383. The maximum atomic E-state index is 12.7. The molecule has 0 unspecified atom stereocenters. The third-order valence-corrected chi connectivity index (χ3v) is 6.13. The summed E-state index contributed by atoms with van der Waals surface area (Å²) in [5, 5.41) is 3.23. The number of nitrogens with one attached hydrogen (secondary N) is 1. The number of thiazole rings is 1. The molecule has 1 fully saturated rings. The van der Waals surface area contributed by atoms with Crippen LogP contribution in [0.4, 0.5) is 9.93 Å². The van der Waals surface area contributed by atoms with E-state index < -0.39 is 11.4 Å². The lowest BCUT2D eigenvalue weighted by atomic mass is 9.98. The van der Waals surface area contributed by atoms with Gasteiger partial charge in [-0.05, 0) is 32.8 Å². The largest absolute Gasteiger partial charge is 0.368 e. The highest BCUT2D eigenvalue weighted by Gasteiger charge is 2.44. The zero-order chi connectivity index (χ0) is 20.6. The van der Waals surface area contributed by atoms with Crippen molar-refractivity contribution in [1.29, 1.82) is 0 Å². The molecule has 10 nitrogen and oxygen atoms in total. The van der Waals surface area contributed by atoms with Crippen molar-refractivity contribution in [2.45, 2.75) is 32.2 Å². The fourth-order valence-corrected chi connectivity index (χ4v) is 4.29. The smallest absolute Gasteiger partial charge is 0.324 e. The van der Waals surface area contributed by atoms with Crippen molar-refractivity contribution >= 4 is 28.4 Å². The van der Waals surface area contributed by atoms with Gasteiger partial charge in [0.2, 0.25) is 11.9 Å². The standard InChI is InChI=1S/C18H20N8O2S/c1-11-13(12-4-6-21-15(23-12)25-9-7-20-10-25)29-16(22-11)24-17(28)26-8-3-5-18(26,2)14(19)27/h4,6-7,9-10H,3,5,8H2,1-2H3,(H2,19,27)(H,22,24,28)/t18-/m0/s1. The fraction of sp³-hybridized carbons (Fsp3) is 0.333. The van der Waals surface area contributed by atoms with Gasteiger partial charge in [-0.25, -0.2) is 24.7 Å². The molecule has 4 rings (SSSR count). The third-order valence-electron chi connectivity index (χ3n) is 5.04. The Bertz CT molecular complexity index is 1060. The number of primary amides is 1. The molecule has 150 valence electrons. The topological polar surface area (TPSA) is 132 Å². The minimum Gasteiger partial charge on any atom is -0.368 e. The number of likely N-dealkylation sites (tertiary alicyclic amines) is 1. The number of carbonyl (C=O) groups is 2. The van der Waals surface area contributed by atoms with E-state index in [0.29, 0.717) is 29.7 Å². The van der Waals surface area contributed by atoms with Crippen molar-refractivity contribution in [3.63, 3.8) is 0 Å². The molecule has 0 saturated carbocycles. The molecule has 3 aromatic rings. The summed E-state index contributed by atoms with van der Waals surface area (Å²) in [5.74, 6) is -0.0122. The summed E-state index contributed by atoms with van der Waals surface area (Å²) < 4.78 is 1.71. The predicted molar refractivity (Wildman–Crippen MR) is 108 cm³/mol. The summed E-state index contributed by atoms with van der Waals surface area (Å²) in [6.07, 6.45) is 7.98. The van der Waals surface area contributed by atoms with Crippen LogP contribution in [0.15, 0.2) is 31.0 Å². The van der Waals surface area contributed by atoms with Crippen molar-refractivity contribution in [3.8, 4) is 16.5 Å². The van der Waals surface area contributed by atoms with Crippen LogP contribution in [0.5, 0.6) is 0 Å². The van der Waals surface area contributed by atoms with E-state index in [9.17, 15) is 9.59 Å². The fourth-order valence-electron chi connectivity index (χ4n) is 3.37. The Balaban J connectivity index is 1.57. The first-order valence-electron chi connectivity index (χ1n) is 9.06. The van der Waals surface area contributed by atoms with Crippen molar-refractivity contribution in [3.05, 3.63) is 36.7 Å². The van der Waals surface area contributed by atoms with Crippen molar-refractivity contribution in [1.82, 2.24) is 29.4 Å². The summed E-state index contributed by atoms with van der Waals surface area (Å²) in [6, 6.07) is 1.41. The molecule has 3 amide bonds. The lowest BCUT2D eigenvalue weighted by Crippen LogP contribution is -2.55. The Morgan fingerprint density at radius 3 is 2.86 bits per heavy atom. The number of hydrogen-bond acceptors (Lipinski definition) is 7. The van der Waals surface area contributed by atoms with E-state index >= 15 is 0 Å². The Labute approximate surface area is 170 Å². The highest BCUT2D eigenvalue weighted by atomic mass is 32.1. The van der Waals surface area contributed by atoms with Crippen LogP contribution in [0.2, 0.25) is 0 Å². The Hall–Kier alpha value is -3.34. The molecule has 1 aliphatic heterocycles. The van der Waals surface area contributed by atoms with Crippen molar-refractivity contribution in [2.75, 3.05) is 11.9 Å². The van der Waals surface area contributed by atoms with Gasteiger partial charge in [-0.1, -0.05) is 11.3 Å². The molecule has 4 heterocycles. The lowest BCUT2D eigenvalue weighted by molar-refractivity contribution is -0.126. The maximum Gasteiger partial charge on any atom is 0.324 e. The number of aryl methyl sites for hydroxylation is 1. The molecule has 3 N–H and O–H groups in total. The number of imidazole rings is 1. The van der Waals surface area contributed by atoms with Gasteiger partial charge < -0.3 is 10.6 Å². The SMILES string of the molecule is Cc1nc(NC(=O)N2CCC[C@@]2(C)C(N)=O)sc1-c1ccnc(-n2ccnc2)n1. The van der Waals surface area contributed by atoms with Crippen LogP contribution in [0, 0.1) is 6.92 Å². The highest BCUT2D eigenvalue weighted by Crippen LogP contribution is 2.33. The van der Waals surface area contributed by atoms with E-state index in [0.717, 1.165) is 17.0 Å². The van der Waals surface area contributed by atoms with Crippen LogP contribution in [0.1, 0.15) is 25.5 Å². The van der Waals surface area contributed by atoms with E-state index in [2.05, 4.69) is 25.3 Å². The Morgan fingerprint density at radius 1 is 1.31 bits per heavy atom. The van der Waals surface area contributed by atoms with E-state index in [1.165, 1.54) is 16.2 Å². The normalized spacial score (nSPS) is 18.8. The molecule has 0 radical (unpaired) electrons. The number of amides is 3. The molecule has 1 atom stereocenters. The summed E-state index contributed by atoms with van der Waals surface area (Å²) in [5.41, 5.74) is 5.97. The third kappa shape index (κ3) is 3.44. The molecule has 1 saturated heterocycles. The zero-order valence-electron chi connectivity index (χ0n) is 16.0. The minimum atomic E-state index is -0.981. The van der Waals surface area contributed by atoms with Gasteiger partial charge in [0.1, 0.15) is 11.9 Å². The maximum absolute atomic E-state index is 12.7. The summed E-state index contributed by atoms with van der Waals surface area (Å²) in [6.45, 7) is 4.02. The van der Waals surface area contributed by atoms with Crippen LogP contribution in [-0.2, 0) is 4.79 Å². The quantitative estimate of drug-likeness (QED) is 0.673. The van der Waals surface area contributed by atoms with Crippen LogP contribution >= 0.6 is 11.3 Å². The van der Waals surface area contributed by atoms with Gasteiger partial charge in [-0.3, -0.25) is 14.7 Å². The monoisotopic (exact) mass is 412 g/mol. The Kier molecular flexibility index (Phi) is 4.74. The molecule has 11 heteroatoms. The second kappa shape index (κ2) is 7.24. The molecular formula is C18H20N8O2S. The number of nitrogens with two attached hydrogens (primary N) is 1. The van der Waals surface area contributed by atoms with Gasteiger partial charge in [0.25, 0.3) is 0 Å². The lowest BCUT2D eigenvalue weighted by Gasteiger charge is -2.31. The van der Waals surface area contributed by atoms with Crippen LogP contribution in [-0.4, -0.2) is 53.4 Å². The molecule has 29 heavy (non-hydrogen) atoms. The van der Waals surface area contributed by atoms with Gasteiger partial charge in [-0.2, -0.15) is 0 Å². The van der Waals surface area contributed by atoms with Gasteiger partial charge in [0.15, 0.2) is 5.13 Å². The first-order chi connectivity index (χ1) is 13.9. The van der Waals surface area contributed by atoms with E-state index in [-0.39, 0.29) is 6.03 Å². The van der Waals surface area contributed by atoms with Crippen molar-refractivity contribution in [2.24, 2.45) is 5.73 Å². The first kappa shape index (κ1) is 19.0. The highest BCUT2D eigenvalue weighted by molar-refractivity contribution is 7.19. The second-order valence-corrected chi connectivity index (χ2v) is 7.97. The van der Waals surface area contributed by atoms with Crippen LogP contribution in [0.3, 0.4) is 0 Å². The molecule has 1 aliphatic rings. The number of rotatable bonds is 4. The van der Waals surface area contributed by atoms with E-state index in [4.69, 9.17) is 5.73 Å². The van der Waals surface area contributed by atoms with Crippen LogP contribution < -0.4 is 11.1 Å².